The lowest BCUT2D eigenvalue weighted by atomic mass is 9.95. The van der Waals surface area contributed by atoms with Gasteiger partial charge in [0.05, 0.1) is 16.9 Å². The first kappa shape index (κ1) is 19.3. The zero-order valence-electron chi connectivity index (χ0n) is 17.2. The molecule has 2 aromatic carbocycles. The molecule has 3 nitrogen and oxygen atoms in total. The third-order valence-corrected chi connectivity index (χ3v) is 5.36. The van der Waals surface area contributed by atoms with E-state index in [0.717, 1.165) is 47.7 Å². The van der Waals surface area contributed by atoms with Crippen molar-refractivity contribution in [3.8, 4) is 11.1 Å². The molecule has 142 valence electrons. The molecule has 3 aromatic rings. The third-order valence-electron chi connectivity index (χ3n) is 5.36. The Labute approximate surface area is 162 Å². The van der Waals surface area contributed by atoms with E-state index in [9.17, 15) is 4.79 Å². The van der Waals surface area contributed by atoms with E-state index in [-0.39, 0.29) is 5.43 Å². The molecule has 0 radical (unpaired) electrons. The second-order valence-electron chi connectivity index (χ2n) is 7.61. The number of aryl methyl sites for hydroxylation is 3. The van der Waals surface area contributed by atoms with Crippen molar-refractivity contribution in [2.45, 2.75) is 66.3 Å². The molecule has 1 heterocycles. The summed E-state index contributed by atoms with van der Waals surface area (Å²) < 4.78 is 2.12. The molecule has 0 spiro atoms. The average Bonchev–Trinajstić information content (AvgIpc) is 2.64. The standard InChI is InChI=1S/C24H30N2O/c1-6-9-19(10-7-2)26-22-12-8-11-21(23(22)24(27)18(5)25-26)20-14-13-16(3)15-17(20)4/h8,11-15,19H,6-7,9-10H2,1-5H3. The van der Waals surface area contributed by atoms with Crippen molar-refractivity contribution in [1.82, 2.24) is 9.78 Å². The molecule has 1 aromatic heterocycles. The lowest BCUT2D eigenvalue weighted by molar-refractivity contribution is 0.396. The Morgan fingerprint density at radius 3 is 2.30 bits per heavy atom. The van der Waals surface area contributed by atoms with E-state index in [0.29, 0.717) is 11.7 Å². The van der Waals surface area contributed by atoms with Gasteiger partial charge >= 0.3 is 0 Å². The van der Waals surface area contributed by atoms with Crippen LogP contribution in [0.4, 0.5) is 0 Å². The lowest BCUT2D eigenvalue weighted by Crippen LogP contribution is -2.21. The Bertz CT molecular complexity index is 1010. The monoisotopic (exact) mass is 362 g/mol. The smallest absolute Gasteiger partial charge is 0.211 e. The molecular weight excluding hydrogens is 332 g/mol. The van der Waals surface area contributed by atoms with Crippen LogP contribution in [-0.2, 0) is 0 Å². The van der Waals surface area contributed by atoms with Gasteiger partial charge in [-0.25, -0.2) is 0 Å². The van der Waals surface area contributed by atoms with Crippen molar-refractivity contribution in [3.05, 3.63) is 63.4 Å². The number of rotatable bonds is 6. The number of benzene rings is 2. The van der Waals surface area contributed by atoms with Crippen molar-refractivity contribution in [3.63, 3.8) is 0 Å². The number of fused-ring (bicyclic) bond motifs is 1. The molecule has 0 atom stereocenters. The van der Waals surface area contributed by atoms with Crippen LogP contribution in [0.25, 0.3) is 22.0 Å². The summed E-state index contributed by atoms with van der Waals surface area (Å²) in [6, 6.07) is 12.9. The molecule has 0 amide bonds. The van der Waals surface area contributed by atoms with Crippen molar-refractivity contribution >= 4 is 10.9 Å². The van der Waals surface area contributed by atoms with E-state index >= 15 is 0 Å². The predicted molar refractivity (Wildman–Crippen MR) is 115 cm³/mol. The second-order valence-corrected chi connectivity index (χ2v) is 7.61. The summed E-state index contributed by atoms with van der Waals surface area (Å²) in [5.74, 6) is 0. The van der Waals surface area contributed by atoms with E-state index in [1.54, 1.807) is 0 Å². The van der Waals surface area contributed by atoms with Gasteiger partial charge in [-0.05, 0) is 56.4 Å². The maximum atomic E-state index is 13.1. The van der Waals surface area contributed by atoms with Crippen LogP contribution in [0.2, 0.25) is 0 Å². The molecule has 3 rings (SSSR count). The lowest BCUT2D eigenvalue weighted by Gasteiger charge is -2.22. The highest BCUT2D eigenvalue weighted by atomic mass is 16.1. The van der Waals surface area contributed by atoms with Crippen LogP contribution in [0, 0.1) is 20.8 Å². The fourth-order valence-corrected chi connectivity index (χ4v) is 4.09. The summed E-state index contributed by atoms with van der Waals surface area (Å²) in [7, 11) is 0. The molecule has 27 heavy (non-hydrogen) atoms. The van der Waals surface area contributed by atoms with Crippen LogP contribution in [0.15, 0.2) is 41.2 Å². The van der Waals surface area contributed by atoms with Crippen molar-refractivity contribution in [2.75, 3.05) is 0 Å². The van der Waals surface area contributed by atoms with Gasteiger partial charge < -0.3 is 0 Å². The molecule has 0 bridgehead atoms. The molecule has 3 heteroatoms. The Balaban J connectivity index is 2.34. The zero-order chi connectivity index (χ0) is 19.6. The van der Waals surface area contributed by atoms with Crippen molar-refractivity contribution in [1.29, 1.82) is 0 Å². The van der Waals surface area contributed by atoms with Crippen molar-refractivity contribution in [2.24, 2.45) is 0 Å². The van der Waals surface area contributed by atoms with Crippen LogP contribution in [0.1, 0.15) is 62.4 Å². The van der Waals surface area contributed by atoms with E-state index in [1.165, 1.54) is 11.1 Å². The summed E-state index contributed by atoms with van der Waals surface area (Å²) in [4.78, 5) is 13.1. The molecule has 0 aliphatic heterocycles. The summed E-state index contributed by atoms with van der Waals surface area (Å²) in [5.41, 5.74) is 6.15. The number of hydrogen-bond acceptors (Lipinski definition) is 2. The summed E-state index contributed by atoms with van der Waals surface area (Å²) in [5, 5.41) is 5.51. The average molecular weight is 363 g/mol. The number of nitrogens with zero attached hydrogens (tertiary/aromatic N) is 2. The van der Waals surface area contributed by atoms with Gasteiger partial charge in [-0.1, -0.05) is 62.6 Å². The molecule has 0 fully saturated rings. The first-order valence-electron chi connectivity index (χ1n) is 10.1. The van der Waals surface area contributed by atoms with E-state index in [4.69, 9.17) is 5.10 Å². The molecule has 0 saturated carbocycles. The molecule has 0 unspecified atom stereocenters. The number of hydrogen-bond donors (Lipinski definition) is 0. The minimum absolute atomic E-state index is 0.0450. The number of aromatic nitrogens is 2. The van der Waals surface area contributed by atoms with Crippen LogP contribution in [-0.4, -0.2) is 9.78 Å². The fraction of sp³-hybridized carbons (Fsp3) is 0.417. The van der Waals surface area contributed by atoms with E-state index in [1.807, 2.05) is 6.92 Å². The molecule has 0 aliphatic carbocycles. The highest BCUT2D eigenvalue weighted by molar-refractivity contribution is 5.95. The maximum Gasteiger partial charge on any atom is 0.211 e. The fourth-order valence-electron chi connectivity index (χ4n) is 4.09. The quantitative estimate of drug-likeness (QED) is 0.528. The highest BCUT2D eigenvalue weighted by Crippen LogP contribution is 2.31. The van der Waals surface area contributed by atoms with Crippen LogP contribution in [0.5, 0.6) is 0 Å². The first-order chi connectivity index (χ1) is 13.0. The highest BCUT2D eigenvalue weighted by Gasteiger charge is 2.18. The predicted octanol–water partition coefficient (Wildman–Crippen LogP) is 6.13. The summed E-state index contributed by atoms with van der Waals surface area (Å²) in [6.45, 7) is 10.5. The van der Waals surface area contributed by atoms with Gasteiger partial charge in [-0.3, -0.25) is 9.48 Å². The van der Waals surface area contributed by atoms with Gasteiger partial charge in [-0.2, -0.15) is 5.10 Å². The molecule has 0 saturated heterocycles. The molecule has 0 aliphatic rings. The Kier molecular flexibility index (Phi) is 5.79. The first-order valence-corrected chi connectivity index (χ1v) is 10.1. The Morgan fingerprint density at radius 1 is 0.963 bits per heavy atom. The van der Waals surface area contributed by atoms with E-state index < -0.39 is 0 Å². The van der Waals surface area contributed by atoms with Crippen LogP contribution < -0.4 is 5.43 Å². The normalized spacial score (nSPS) is 11.5. The minimum Gasteiger partial charge on any atom is -0.287 e. The van der Waals surface area contributed by atoms with Crippen LogP contribution >= 0.6 is 0 Å². The third kappa shape index (κ3) is 3.69. The Morgan fingerprint density at radius 2 is 1.67 bits per heavy atom. The summed E-state index contributed by atoms with van der Waals surface area (Å²) in [6.07, 6.45) is 4.36. The second kappa shape index (κ2) is 8.08. The largest absolute Gasteiger partial charge is 0.287 e. The van der Waals surface area contributed by atoms with Gasteiger partial charge in [0.1, 0.15) is 5.69 Å². The summed E-state index contributed by atoms with van der Waals surface area (Å²) >= 11 is 0. The van der Waals surface area contributed by atoms with E-state index in [2.05, 4.69) is 68.8 Å². The van der Waals surface area contributed by atoms with Gasteiger partial charge in [-0.15, -0.1) is 0 Å². The molecule has 0 N–H and O–H groups in total. The van der Waals surface area contributed by atoms with Gasteiger partial charge in [0, 0.05) is 0 Å². The van der Waals surface area contributed by atoms with Crippen LogP contribution in [0.3, 0.4) is 0 Å². The molecular formula is C24H30N2O. The van der Waals surface area contributed by atoms with Crippen molar-refractivity contribution < 1.29 is 0 Å². The topological polar surface area (TPSA) is 34.9 Å². The van der Waals surface area contributed by atoms with Gasteiger partial charge in [0.15, 0.2) is 0 Å². The zero-order valence-corrected chi connectivity index (χ0v) is 17.2. The Hall–Kier alpha value is -2.42. The minimum atomic E-state index is 0.0450. The van der Waals surface area contributed by atoms with Gasteiger partial charge in [0.25, 0.3) is 0 Å². The SMILES string of the molecule is CCCC(CCC)n1nc(C)c(=O)c2c(-c3ccc(C)cc3C)cccc21. The van der Waals surface area contributed by atoms with Gasteiger partial charge in [0.2, 0.25) is 5.43 Å². The maximum absolute atomic E-state index is 13.1.